The fourth-order valence-electron chi connectivity index (χ4n) is 2.61. The van der Waals surface area contributed by atoms with Crippen LogP contribution in [-0.4, -0.2) is 25.1 Å². The molecule has 0 radical (unpaired) electrons. The van der Waals surface area contributed by atoms with E-state index in [1.165, 1.54) is 47.9 Å². The van der Waals surface area contributed by atoms with Crippen LogP contribution >= 0.6 is 11.3 Å². The van der Waals surface area contributed by atoms with Crippen molar-refractivity contribution in [1.82, 2.24) is 10.3 Å². The van der Waals surface area contributed by atoms with Crippen molar-refractivity contribution in [1.29, 1.82) is 0 Å². The zero-order valence-electron chi connectivity index (χ0n) is 13.4. The lowest BCUT2D eigenvalue weighted by molar-refractivity contribution is 0.321. The lowest BCUT2D eigenvalue weighted by Gasteiger charge is -2.29. The average Bonchev–Trinajstić information content (AvgIpc) is 2.78. The van der Waals surface area contributed by atoms with Crippen LogP contribution in [0.25, 0.3) is 0 Å². The summed E-state index contributed by atoms with van der Waals surface area (Å²) in [6.07, 6.45) is 5.40. The Balaban J connectivity index is 2.02. The van der Waals surface area contributed by atoms with Crippen LogP contribution in [0.4, 0.5) is 5.13 Å². The van der Waals surface area contributed by atoms with Crippen LogP contribution < -0.4 is 10.2 Å². The SMILES string of the molecule is CCCNCc1sc(N(C)CC2CCC2)nc1C(C)C. The van der Waals surface area contributed by atoms with Gasteiger partial charge in [-0.1, -0.05) is 27.2 Å². The second-order valence-corrected chi connectivity index (χ2v) is 7.38. The van der Waals surface area contributed by atoms with Gasteiger partial charge in [0.1, 0.15) is 0 Å². The number of rotatable bonds is 8. The molecule has 3 nitrogen and oxygen atoms in total. The van der Waals surface area contributed by atoms with Gasteiger partial charge in [0.2, 0.25) is 0 Å². The predicted octanol–water partition coefficient (Wildman–Crippen LogP) is 4.00. The molecule has 1 aliphatic rings. The molecule has 0 aromatic carbocycles. The van der Waals surface area contributed by atoms with E-state index in [1.54, 1.807) is 0 Å². The molecule has 114 valence electrons. The molecule has 0 spiro atoms. The smallest absolute Gasteiger partial charge is 0.185 e. The Morgan fingerprint density at radius 1 is 1.40 bits per heavy atom. The Kier molecular flexibility index (Phi) is 5.85. The quantitative estimate of drug-likeness (QED) is 0.735. The van der Waals surface area contributed by atoms with Crippen LogP contribution in [-0.2, 0) is 6.54 Å². The summed E-state index contributed by atoms with van der Waals surface area (Å²) in [7, 11) is 2.20. The van der Waals surface area contributed by atoms with Gasteiger partial charge in [-0.3, -0.25) is 0 Å². The van der Waals surface area contributed by atoms with Crippen molar-refractivity contribution < 1.29 is 0 Å². The van der Waals surface area contributed by atoms with E-state index in [4.69, 9.17) is 4.98 Å². The predicted molar refractivity (Wildman–Crippen MR) is 88.8 cm³/mol. The van der Waals surface area contributed by atoms with Crippen LogP contribution in [0.15, 0.2) is 0 Å². The van der Waals surface area contributed by atoms with E-state index < -0.39 is 0 Å². The molecule has 0 aliphatic heterocycles. The van der Waals surface area contributed by atoms with Gasteiger partial charge in [-0.15, -0.1) is 11.3 Å². The van der Waals surface area contributed by atoms with Crippen LogP contribution in [0.5, 0.6) is 0 Å². The Bertz CT molecular complexity index is 410. The maximum Gasteiger partial charge on any atom is 0.185 e. The maximum atomic E-state index is 4.90. The van der Waals surface area contributed by atoms with Crippen molar-refractivity contribution in [3.05, 3.63) is 10.6 Å². The second-order valence-electron chi connectivity index (χ2n) is 6.31. The molecule has 1 N–H and O–H groups in total. The summed E-state index contributed by atoms with van der Waals surface area (Å²) in [6.45, 7) is 9.93. The molecule has 1 fully saturated rings. The summed E-state index contributed by atoms with van der Waals surface area (Å²) < 4.78 is 0. The molecule has 4 heteroatoms. The number of anilines is 1. The second kappa shape index (κ2) is 7.41. The first kappa shape index (κ1) is 15.8. The molecule has 0 atom stereocenters. The van der Waals surface area contributed by atoms with Crippen molar-refractivity contribution in [2.75, 3.05) is 25.0 Å². The molecular weight excluding hydrogens is 266 g/mol. The molecule has 0 bridgehead atoms. The molecule has 0 unspecified atom stereocenters. The maximum absolute atomic E-state index is 4.90. The van der Waals surface area contributed by atoms with Gasteiger partial charge in [-0.2, -0.15) is 0 Å². The largest absolute Gasteiger partial charge is 0.351 e. The highest BCUT2D eigenvalue weighted by Gasteiger charge is 2.22. The minimum absolute atomic E-state index is 0.510. The van der Waals surface area contributed by atoms with Crippen LogP contribution in [0, 0.1) is 5.92 Å². The minimum atomic E-state index is 0.510. The van der Waals surface area contributed by atoms with E-state index in [2.05, 4.69) is 38.0 Å². The normalized spacial score (nSPS) is 15.7. The fraction of sp³-hybridized carbons (Fsp3) is 0.812. The summed E-state index contributed by atoms with van der Waals surface area (Å²) in [5.41, 5.74) is 1.29. The van der Waals surface area contributed by atoms with Crippen molar-refractivity contribution in [3.63, 3.8) is 0 Å². The Morgan fingerprint density at radius 3 is 2.70 bits per heavy atom. The molecule has 1 aromatic heterocycles. The van der Waals surface area contributed by atoms with E-state index in [-0.39, 0.29) is 0 Å². The summed E-state index contributed by atoms with van der Waals surface area (Å²) >= 11 is 1.88. The van der Waals surface area contributed by atoms with Crippen molar-refractivity contribution in [2.45, 2.75) is 58.9 Å². The van der Waals surface area contributed by atoms with Crippen LogP contribution in [0.3, 0.4) is 0 Å². The molecule has 1 aliphatic carbocycles. The molecular formula is C16H29N3S. The highest BCUT2D eigenvalue weighted by atomic mass is 32.1. The average molecular weight is 295 g/mol. The molecule has 20 heavy (non-hydrogen) atoms. The highest BCUT2D eigenvalue weighted by molar-refractivity contribution is 7.15. The van der Waals surface area contributed by atoms with E-state index in [0.717, 1.165) is 19.0 Å². The zero-order valence-corrected chi connectivity index (χ0v) is 14.2. The van der Waals surface area contributed by atoms with E-state index in [0.29, 0.717) is 5.92 Å². The Hall–Kier alpha value is -0.610. The Labute approximate surface area is 127 Å². The number of nitrogens with one attached hydrogen (secondary N) is 1. The van der Waals surface area contributed by atoms with Crippen molar-refractivity contribution in [3.8, 4) is 0 Å². The number of hydrogen-bond donors (Lipinski definition) is 1. The third kappa shape index (κ3) is 3.95. The molecule has 1 saturated carbocycles. The number of hydrogen-bond acceptors (Lipinski definition) is 4. The van der Waals surface area contributed by atoms with Gasteiger partial charge in [0.25, 0.3) is 0 Å². The third-order valence-corrected chi connectivity index (χ3v) is 5.24. The van der Waals surface area contributed by atoms with E-state index in [1.807, 2.05) is 11.3 Å². The highest BCUT2D eigenvalue weighted by Crippen LogP contribution is 2.33. The number of aromatic nitrogens is 1. The minimum Gasteiger partial charge on any atom is -0.351 e. The summed E-state index contributed by atoms with van der Waals surface area (Å²) in [5, 5.41) is 4.72. The van der Waals surface area contributed by atoms with Crippen LogP contribution in [0.2, 0.25) is 0 Å². The van der Waals surface area contributed by atoms with Gasteiger partial charge in [0.05, 0.1) is 5.69 Å². The topological polar surface area (TPSA) is 28.2 Å². The first-order valence-electron chi connectivity index (χ1n) is 8.03. The lowest BCUT2D eigenvalue weighted by atomic mass is 9.85. The summed E-state index contributed by atoms with van der Waals surface area (Å²) in [5.74, 6) is 1.41. The zero-order chi connectivity index (χ0) is 14.5. The molecule has 0 amide bonds. The van der Waals surface area contributed by atoms with E-state index >= 15 is 0 Å². The summed E-state index contributed by atoms with van der Waals surface area (Å²) in [4.78, 5) is 8.69. The third-order valence-electron chi connectivity index (χ3n) is 4.06. The molecule has 1 heterocycles. The van der Waals surface area contributed by atoms with Crippen molar-refractivity contribution >= 4 is 16.5 Å². The number of thiazole rings is 1. The monoisotopic (exact) mass is 295 g/mol. The van der Waals surface area contributed by atoms with Gasteiger partial charge in [0, 0.05) is 25.0 Å². The van der Waals surface area contributed by atoms with Crippen molar-refractivity contribution in [2.24, 2.45) is 5.92 Å². The molecule has 2 rings (SSSR count). The van der Waals surface area contributed by atoms with Gasteiger partial charge in [-0.05, 0) is 37.6 Å². The lowest BCUT2D eigenvalue weighted by Crippen LogP contribution is -2.29. The van der Waals surface area contributed by atoms with Crippen LogP contribution in [0.1, 0.15) is 62.9 Å². The molecule has 0 saturated heterocycles. The van der Waals surface area contributed by atoms with Gasteiger partial charge in [-0.25, -0.2) is 4.98 Å². The molecule has 1 aromatic rings. The summed E-state index contributed by atoms with van der Waals surface area (Å²) in [6, 6.07) is 0. The first-order valence-corrected chi connectivity index (χ1v) is 8.84. The number of nitrogens with zero attached hydrogens (tertiary/aromatic N) is 2. The van der Waals surface area contributed by atoms with Gasteiger partial charge in [0.15, 0.2) is 5.13 Å². The van der Waals surface area contributed by atoms with Gasteiger partial charge >= 0.3 is 0 Å². The van der Waals surface area contributed by atoms with Gasteiger partial charge < -0.3 is 10.2 Å². The fourth-order valence-corrected chi connectivity index (χ4v) is 3.77. The Morgan fingerprint density at radius 2 is 2.15 bits per heavy atom. The first-order chi connectivity index (χ1) is 9.61. The standard InChI is InChI=1S/C16H29N3S/c1-5-9-17-10-14-15(12(2)3)18-16(20-14)19(4)11-13-7-6-8-13/h12-13,17H,5-11H2,1-4H3. The van der Waals surface area contributed by atoms with E-state index in [9.17, 15) is 0 Å².